The van der Waals surface area contributed by atoms with Gasteiger partial charge in [0.05, 0.1) is 5.51 Å². The predicted octanol–water partition coefficient (Wildman–Crippen LogP) is 1.85. The highest BCUT2D eigenvalue weighted by atomic mass is 36.0. The van der Waals surface area contributed by atoms with Crippen LogP contribution >= 0.6 is 32.7 Å². The van der Waals surface area contributed by atoms with Crippen LogP contribution in [0, 0.1) is 0 Å². The fraction of sp³-hybridized carbons (Fsp3) is 0. The highest BCUT2D eigenvalue weighted by molar-refractivity contribution is 8.31. The predicted molar refractivity (Wildman–Crippen MR) is 42.7 cm³/mol. The van der Waals surface area contributed by atoms with E-state index in [-0.39, 0.29) is 0 Å². The molecule has 0 aliphatic rings. The molecular formula is C3H3Cl2NO2S2. The second-order valence-corrected chi connectivity index (χ2v) is 5.48. The summed E-state index contributed by atoms with van der Waals surface area (Å²) < 4.78 is 18.3. The fourth-order valence-electron chi connectivity index (χ4n) is 0.176. The number of rotatable bonds is 0. The summed E-state index contributed by atoms with van der Waals surface area (Å²) in [5.41, 5.74) is 1.79. The van der Waals surface area contributed by atoms with E-state index in [2.05, 4.69) is 26.3 Å². The molecule has 0 aliphatic heterocycles. The zero-order chi connectivity index (χ0) is 8.04. The lowest BCUT2D eigenvalue weighted by molar-refractivity contribution is 0.621. The van der Waals surface area contributed by atoms with E-state index in [0.717, 1.165) is 0 Å². The molecule has 1 rings (SSSR count). The topological polar surface area (TPSA) is 47.0 Å². The standard InChI is InChI=1S/C3H3NS.Cl2O2S/c1-2-5-3-4-1;1-5(2,3)4/h1-3H;. The minimum Gasteiger partial charge on any atom is -0.253 e. The quantitative estimate of drug-likeness (QED) is 0.627. The van der Waals surface area contributed by atoms with Crippen LogP contribution in [0.2, 0.25) is 0 Å². The van der Waals surface area contributed by atoms with Crippen molar-refractivity contribution in [1.29, 1.82) is 0 Å². The Bertz CT molecular complexity index is 218. The summed E-state index contributed by atoms with van der Waals surface area (Å²) in [5, 5.41) is 1.93. The molecule has 7 heteroatoms. The average Bonchev–Trinajstić information content (AvgIpc) is 2.07. The average molecular weight is 220 g/mol. The van der Waals surface area contributed by atoms with Gasteiger partial charge in [-0.15, -0.1) is 11.3 Å². The molecule has 0 radical (unpaired) electrons. The number of aromatic nitrogens is 1. The van der Waals surface area contributed by atoms with Gasteiger partial charge in [-0.2, -0.15) is 8.42 Å². The Morgan fingerprint density at radius 2 is 1.90 bits per heavy atom. The van der Waals surface area contributed by atoms with E-state index in [9.17, 15) is 0 Å². The van der Waals surface area contributed by atoms with Crippen LogP contribution in [0.15, 0.2) is 17.1 Å². The Labute approximate surface area is 71.5 Å². The number of nitrogens with zero attached hydrogens (tertiary/aromatic N) is 1. The van der Waals surface area contributed by atoms with Crippen LogP contribution < -0.4 is 0 Å². The van der Waals surface area contributed by atoms with E-state index in [4.69, 9.17) is 8.42 Å². The molecule has 3 nitrogen and oxygen atoms in total. The zero-order valence-electron chi connectivity index (χ0n) is 4.57. The maximum Gasteiger partial charge on any atom is 0.317 e. The Morgan fingerprint density at radius 1 is 1.40 bits per heavy atom. The van der Waals surface area contributed by atoms with Crippen LogP contribution in [-0.2, 0) is 8.26 Å². The molecule has 1 heterocycles. The zero-order valence-corrected chi connectivity index (χ0v) is 7.71. The first-order valence-electron chi connectivity index (χ1n) is 1.96. The van der Waals surface area contributed by atoms with Gasteiger partial charge >= 0.3 is 8.26 Å². The first-order chi connectivity index (χ1) is 4.50. The monoisotopic (exact) mass is 219 g/mol. The van der Waals surface area contributed by atoms with Crippen LogP contribution in [0.1, 0.15) is 0 Å². The summed E-state index contributed by atoms with van der Waals surface area (Å²) in [6, 6.07) is 0. The number of thiazole rings is 1. The summed E-state index contributed by atoms with van der Waals surface area (Å²) in [5.74, 6) is 0. The second-order valence-electron chi connectivity index (χ2n) is 1.05. The fourth-order valence-corrected chi connectivity index (χ4v) is 0.527. The van der Waals surface area contributed by atoms with Gasteiger partial charge in [-0.3, -0.25) is 4.98 Å². The van der Waals surface area contributed by atoms with Gasteiger partial charge < -0.3 is 0 Å². The van der Waals surface area contributed by atoms with Crippen molar-refractivity contribution < 1.29 is 8.42 Å². The second kappa shape index (κ2) is 4.90. The molecule has 1 aromatic heterocycles. The Hall–Kier alpha value is 0.160. The molecule has 0 aliphatic carbocycles. The lowest BCUT2D eigenvalue weighted by Crippen LogP contribution is -1.63. The Morgan fingerprint density at radius 3 is 2.00 bits per heavy atom. The molecular weight excluding hydrogens is 217 g/mol. The SMILES string of the molecule is O=S(=O)(Cl)Cl.c1cscn1. The van der Waals surface area contributed by atoms with Crippen LogP contribution in [0.3, 0.4) is 0 Å². The smallest absolute Gasteiger partial charge is 0.253 e. The molecule has 0 bridgehead atoms. The lowest BCUT2D eigenvalue weighted by Gasteiger charge is -1.61. The van der Waals surface area contributed by atoms with Gasteiger partial charge in [-0.25, -0.2) is 0 Å². The molecule has 0 aromatic carbocycles. The highest BCUT2D eigenvalue weighted by Gasteiger charge is 1.88. The van der Waals surface area contributed by atoms with Gasteiger partial charge in [0.15, 0.2) is 0 Å². The van der Waals surface area contributed by atoms with Gasteiger partial charge in [-0.05, 0) is 0 Å². The van der Waals surface area contributed by atoms with E-state index in [0.29, 0.717) is 0 Å². The highest BCUT2D eigenvalue weighted by Crippen LogP contribution is 1.98. The van der Waals surface area contributed by atoms with Crippen molar-refractivity contribution in [2.75, 3.05) is 0 Å². The van der Waals surface area contributed by atoms with Crippen LogP contribution in [0.25, 0.3) is 0 Å². The third kappa shape index (κ3) is 15.7. The van der Waals surface area contributed by atoms with Crippen molar-refractivity contribution in [3.63, 3.8) is 0 Å². The molecule has 0 saturated heterocycles. The van der Waals surface area contributed by atoms with E-state index < -0.39 is 8.26 Å². The van der Waals surface area contributed by atoms with Gasteiger partial charge in [0, 0.05) is 32.9 Å². The molecule has 0 amide bonds. The third-order valence-electron chi connectivity index (χ3n) is 0.347. The van der Waals surface area contributed by atoms with Gasteiger partial charge in [0.2, 0.25) is 0 Å². The van der Waals surface area contributed by atoms with Crippen LogP contribution in [0.4, 0.5) is 0 Å². The number of hydrogen-bond donors (Lipinski definition) is 0. The normalized spacial score (nSPS) is 9.80. The first-order valence-corrected chi connectivity index (χ1v) is 6.04. The Kier molecular flexibility index (Phi) is 4.98. The van der Waals surface area contributed by atoms with Crippen molar-refractivity contribution in [2.24, 2.45) is 0 Å². The van der Waals surface area contributed by atoms with E-state index >= 15 is 0 Å². The maximum absolute atomic E-state index is 9.16. The van der Waals surface area contributed by atoms with Crippen LogP contribution in [0.5, 0.6) is 0 Å². The van der Waals surface area contributed by atoms with Gasteiger partial charge in [0.25, 0.3) is 0 Å². The molecule has 0 unspecified atom stereocenters. The molecule has 0 spiro atoms. The van der Waals surface area contributed by atoms with E-state index in [1.165, 1.54) is 0 Å². The first kappa shape index (κ1) is 10.2. The number of hydrogen-bond acceptors (Lipinski definition) is 4. The van der Waals surface area contributed by atoms with Gasteiger partial charge in [-0.1, -0.05) is 0 Å². The van der Waals surface area contributed by atoms with E-state index in [1.807, 2.05) is 5.38 Å². The van der Waals surface area contributed by atoms with Crippen molar-refractivity contribution >= 4 is 41.0 Å². The summed E-state index contributed by atoms with van der Waals surface area (Å²) in [7, 11) is 4.81. The number of halogens is 2. The summed E-state index contributed by atoms with van der Waals surface area (Å²) in [4.78, 5) is 3.74. The van der Waals surface area contributed by atoms with Crippen molar-refractivity contribution in [1.82, 2.24) is 4.98 Å². The minimum absolute atomic E-state index is 1.60. The molecule has 0 fully saturated rings. The van der Waals surface area contributed by atoms with Crippen molar-refractivity contribution in [3.8, 4) is 0 Å². The summed E-state index contributed by atoms with van der Waals surface area (Å²) in [6.45, 7) is 0. The maximum atomic E-state index is 9.16. The third-order valence-corrected chi connectivity index (χ3v) is 0.869. The van der Waals surface area contributed by atoms with Crippen molar-refractivity contribution in [3.05, 3.63) is 17.1 Å². The largest absolute Gasteiger partial charge is 0.317 e. The van der Waals surface area contributed by atoms with Crippen LogP contribution in [-0.4, -0.2) is 13.4 Å². The van der Waals surface area contributed by atoms with Crippen molar-refractivity contribution in [2.45, 2.75) is 0 Å². The minimum atomic E-state index is -3.72. The van der Waals surface area contributed by atoms with E-state index in [1.54, 1.807) is 23.0 Å². The van der Waals surface area contributed by atoms with Gasteiger partial charge in [0.1, 0.15) is 0 Å². The lowest BCUT2D eigenvalue weighted by atomic mass is 11.0. The summed E-state index contributed by atoms with van der Waals surface area (Å²) >= 11 is 1.60. The molecule has 1 aromatic rings. The molecule has 0 saturated carbocycles. The Balaban J connectivity index is 0.000000162. The molecule has 10 heavy (non-hydrogen) atoms. The molecule has 0 N–H and O–H groups in total. The molecule has 58 valence electrons. The summed E-state index contributed by atoms with van der Waals surface area (Å²) in [6.07, 6.45) is 1.77. The molecule has 0 atom stereocenters.